The number of ether oxygens (including phenoxy) is 1. The molecule has 1 unspecified atom stereocenters. The molecule has 0 saturated heterocycles. The van der Waals surface area contributed by atoms with Gasteiger partial charge in [0.05, 0.1) is 12.5 Å². The van der Waals surface area contributed by atoms with Crippen molar-refractivity contribution in [1.82, 2.24) is 0 Å². The Morgan fingerprint density at radius 3 is 2.69 bits per heavy atom. The Hall–Kier alpha value is -0.830. The van der Waals surface area contributed by atoms with Crippen LogP contribution in [-0.2, 0) is 9.53 Å². The Bertz CT molecular complexity index is 164. The third kappa shape index (κ3) is 5.42. The van der Waals surface area contributed by atoms with Crippen LogP contribution in [0, 0.1) is 5.92 Å². The van der Waals surface area contributed by atoms with E-state index in [1.807, 2.05) is 13.0 Å². The van der Waals surface area contributed by atoms with E-state index in [0.29, 0.717) is 13.0 Å². The Balaban J connectivity index is 4.06. The summed E-state index contributed by atoms with van der Waals surface area (Å²) < 4.78 is 4.85. The lowest BCUT2D eigenvalue weighted by Gasteiger charge is -2.09. The second-order valence-electron chi connectivity index (χ2n) is 2.71. The molecule has 13 heavy (non-hydrogen) atoms. The molecule has 0 aliphatic carbocycles. The molecular weight excluding hydrogens is 168 g/mol. The van der Waals surface area contributed by atoms with Crippen molar-refractivity contribution in [3.05, 3.63) is 12.2 Å². The monoisotopic (exact) mass is 186 g/mol. The third-order valence-corrected chi connectivity index (χ3v) is 1.63. The van der Waals surface area contributed by atoms with Gasteiger partial charge in [-0.2, -0.15) is 0 Å². The number of esters is 1. The SMILES string of the molecule is CC/C=C/C(CCO)C(=O)OCC. The molecule has 0 bridgehead atoms. The molecule has 0 aliphatic heterocycles. The van der Waals surface area contributed by atoms with E-state index in [0.717, 1.165) is 6.42 Å². The molecule has 0 rings (SSSR count). The lowest BCUT2D eigenvalue weighted by molar-refractivity contribution is -0.146. The van der Waals surface area contributed by atoms with Gasteiger partial charge in [-0.3, -0.25) is 4.79 Å². The molecule has 76 valence electrons. The first kappa shape index (κ1) is 12.2. The topological polar surface area (TPSA) is 46.5 Å². The van der Waals surface area contributed by atoms with Crippen LogP contribution < -0.4 is 0 Å². The van der Waals surface area contributed by atoms with E-state index in [1.54, 1.807) is 13.0 Å². The quantitative estimate of drug-likeness (QED) is 0.505. The first-order valence-electron chi connectivity index (χ1n) is 4.70. The molecule has 0 aromatic carbocycles. The standard InChI is InChI=1S/C10H18O3/c1-3-5-6-9(7-8-11)10(12)13-4-2/h5-6,9,11H,3-4,7-8H2,1-2H3/b6-5+. The first-order chi connectivity index (χ1) is 6.26. The summed E-state index contributed by atoms with van der Waals surface area (Å²) in [5.41, 5.74) is 0. The van der Waals surface area contributed by atoms with Crippen molar-refractivity contribution >= 4 is 5.97 Å². The van der Waals surface area contributed by atoms with Gasteiger partial charge in [-0.1, -0.05) is 19.1 Å². The summed E-state index contributed by atoms with van der Waals surface area (Å²) in [6, 6.07) is 0. The van der Waals surface area contributed by atoms with Crippen LogP contribution >= 0.6 is 0 Å². The number of carbonyl (C=O) groups excluding carboxylic acids is 1. The fraction of sp³-hybridized carbons (Fsp3) is 0.700. The number of aliphatic hydroxyl groups is 1. The van der Waals surface area contributed by atoms with Crippen LogP contribution in [0.1, 0.15) is 26.7 Å². The average Bonchev–Trinajstić information content (AvgIpc) is 2.12. The molecular formula is C10H18O3. The van der Waals surface area contributed by atoms with Crippen LogP contribution in [0.3, 0.4) is 0 Å². The number of hydrogen-bond donors (Lipinski definition) is 1. The van der Waals surface area contributed by atoms with Gasteiger partial charge in [-0.15, -0.1) is 0 Å². The van der Waals surface area contributed by atoms with Crippen LogP contribution in [0.2, 0.25) is 0 Å². The normalized spacial score (nSPS) is 13.2. The van der Waals surface area contributed by atoms with Crippen LogP contribution in [-0.4, -0.2) is 24.3 Å². The van der Waals surface area contributed by atoms with Gasteiger partial charge in [-0.25, -0.2) is 0 Å². The average molecular weight is 186 g/mol. The van der Waals surface area contributed by atoms with Gasteiger partial charge in [-0.05, 0) is 19.8 Å². The molecule has 0 fully saturated rings. The molecule has 1 atom stereocenters. The minimum absolute atomic E-state index is 0.0114. The number of aliphatic hydroxyl groups excluding tert-OH is 1. The van der Waals surface area contributed by atoms with E-state index in [2.05, 4.69) is 0 Å². The minimum Gasteiger partial charge on any atom is -0.466 e. The van der Waals surface area contributed by atoms with E-state index in [1.165, 1.54) is 0 Å². The molecule has 0 radical (unpaired) electrons. The van der Waals surface area contributed by atoms with E-state index in [-0.39, 0.29) is 18.5 Å². The van der Waals surface area contributed by atoms with Gasteiger partial charge in [0, 0.05) is 6.61 Å². The summed E-state index contributed by atoms with van der Waals surface area (Å²) in [6.45, 7) is 4.17. The van der Waals surface area contributed by atoms with Crippen molar-refractivity contribution in [2.24, 2.45) is 5.92 Å². The van der Waals surface area contributed by atoms with Crippen molar-refractivity contribution in [3.8, 4) is 0 Å². The number of hydrogen-bond acceptors (Lipinski definition) is 3. The fourth-order valence-corrected chi connectivity index (χ4v) is 0.981. The molecule has 0 aliphatic rings. The van der Waals surface area contributed by atoms with Gasteiger partial charge < -0.3 is 9.84 Å². The molecule has 3 nitrogen and oxygen atoms in total. The highest BCUT2D eigenvalue weighted by Crippen LogP contribution is 2.07. The summed E-state index contributed by atoms with van der Waals surface area (Å²) in [7, 11) is 0. The number of rotatable bonds is 6. The molecule has 0 aromatic rings. The lowest BCUT2D eigenvalue weighted by atomic mass is 10.1. The van der Waals surface area contributed by atoms with E-state index >= 15 is 0 Å². The van der Waals surface area contributed by atoms with Crippen LogP contribution in [0.4, 0.5) is 0 Å². The second kappa shape index (κ2) is 7.80. The number of carbonyl (C=O) groups is 1. The molecule has 0 saturated carbocycles. The van der Waals surface area contributed by atoms with Crippen LogP contribution in [0.25, 0.3) is 0 Å². The predicted octanol–water partition coefficient (Wildman–Crippen LogP) is 1.51. The molecule has 0 aromatic heterocycles. The predicted molar refractivity (Wildman–Crippen MR) is 51.3 cm³/mol. The van der Waals surface area contributed by atoms with Gasteiger partial charge in [0.15, 0.2) is 0 Å². The molecule has 0 heterocycles. The maximum Gasteiger partial charge on any atom is 0.312 e. The van der Waals surface area contributed by atoms with Crippen molar-refractivity contribution in [2.75, 3.05) is 13.2 Å². The van der Waals surface area contributed by atoms with Crippen LogP contribution in [0.15, 0.2) is 12.2 Å². The van der Waals surface area contributed by atoms with E-state index in [9.17, 15) is 4.79 Å². The summed E-state index contributed by atoms with van der Waals surface area (Å²) in [5, 5.41) is 8.71. The van der Waals surface area contributed by atoms with E-state index < -0.39 is 0 Å². The molecule has 1 N–H and O–H groups in total. The van der Waals surface area contributed by atoms with Crippen molar-refractivity contribution in [2.45, 2.75) is 26.7 Å². The zero-order chi connectivity index (χ0) is 10.1. The highest BCUT2D eigenvalue weighted by molar-refractivity contribution is 5.74. The Morgan fingerprint density at radius 2 is 2.23 bits per heavy atom. The number of allylic oxidation sites excluding steroid dienone is 1. The third-order valence-electron chi connectivity index (χ3n) is 1.63. The summed E-state index contributed by atoms with van der Waals surface area (Å²) >= 11 is 0. The Kier molecular flexibility index (Phi) is 7.30. The fourth-order valence-electron chi connectivity index (χ4n) is 0.981. The maximum absolute atomic E-state index is 11.3. The van der Waals surface area contributed by atoms with Crippen molar-refractivity contribution in [3.63, 3.8) is 0 Å². The molecule has 0 amide bonds. The van der Waals surface area contributed by atoms with Crippen molar-refractivity contribution in [1.29, 1.82) is 0 Å². The Morgan fingerprint density at radius 1 is 1.54 bits per heavy atom. The van der Waals surface area contributed by atoms with Gasteiger partial charge in [0.1, 0.15) is 0 Å². The molecule has 0 spiro atoms. The highest BCUT2D eigenvalue weighted by Gasteiger charge is 2.14. The van der Waals surface area contributed by atoms with Gasteiger partial charge in [0.2, 0.25) is 0 Å². The largest absolute Gasteiger partial charge is 0.466 e. The smallest absolute Gasteiger partial charge is 0.312 e. The first-order valence-corrected chi connectivity index (χ1v) is 4.70. The Labute approximate surface area is 79.4 Å². The van der Waals surface area contributed by atoms with Gasteiger partial charge in [0.25, 0.3) is 0 Å². The van der Waals surface area contributed by atoms with Crippen LogP contribution in [0.5, 0.6) is 0 Å². The minimum atomic E-state index is -0.287. The summed E-state index contributed by atoms with van der Waals surface area (Å²) in [5.74, 6) is -0.536. The highest BCUT2D eigenvalue weighted by atomic mass is 16.5. The zero-order valence-corrected chi connectivity index (χ0v) is 8.32. The maximum atomic E-state index is 11.3. The van der Waals surface area contributed by atoms with E-state index in [4.69, 9.17) is 9.84 Å². The zero-order valence-electron chi connectivity index (χ0n) is 8.32. The summed E-state index contributed by atoms with van der Waals surface area (Å²) in [4.78, 5) is 11.3. The van der Waals surface area contributed by atoms with Crippen molar-refractivity contribution < 1.29 is 14.6 Å². The summed E-state index contributed by atoms with van der Waals surface area (Å²) in [6.07, 6.45) is 5.04. The molecule has 3 heteroatoms. The van der Waals surface area contributed by atoms with Gasteiger partial charge >= 0.3 is 5.97 Å². The lowest BCUT2D eigenvalue weighted by Crippen LogP contribution is -2.17. The second-order valence-corrected chi connectivity index (χ2v) is 2.71.